The van der Waals surface area contributed by atoms with E-state index in [1.54, 1.807) is 18.2 Å². The SMILES string of the molecule is Cc1cc(Nc2ncnc3ccn(Cc4ccc(C(=O)NCCC(N)=O)cc4)c23)ccc1OCc1cccc(F)c1. The molecule has 2 heterocycles. The molecule has 0 saturated heterocycles. The minimum absolute atomic E-state index is 0.0943. The minimum Gasteiger partial charge on any atom is -0.489 e. The van der Waals surface area contributed by atoms with Crippen LogP contribution < -0.4 is 21.1 Å². The molecule has 0 saturated carbocycles. The number of amides is 2. The molecule has 4 N–H and O–H groups in total. The number of carbonyl (C=O) groups excluding carboxylic acids is 2. The normalized spacial score (nSPS) is 10.9. The van der Waals surface area contributed by atoms with Gasteiger partial charge in [-0.3, -0.25) is 9.59 Å². The monoisotopic (exact) mass is 552 g/mol. The van der Waals surface area contributed by atoms with Crippen molar-refractivity contribution in [2.45, 2.75) is 26.5 Å². The van der Waals surface area contributed by atoms with Crippen LogP contribution in [0.1, 0.15) is 33.5 Å². The number of anilines is 2. The summed E-state index contributed by atoms with van der Waals surface area (Å²) in [5.74, 6) is 0.349. The maximum atomic E-state index is 13.5. The van der Waals surface area contributed by atoms with Crippen molar-refractivity contribution in [2.75, 3.05) is 11.9 Å². The lowest BCUT2D eigenvalue weighted by Gasteiger charge is -2.14. The molecule has 0 radical (unpaired) electrons. The van der Waals surface area contributed by atoms with E-state index in [0.717, 1.165) is 33.4 Å². The molecule has 41 heavy (non-hydrogen) atoms. The third kappa shape index (κ3) is 6.85. The van der Waals surface area contributed by atoms with Crippen molar-refractivity contribution in [3.63, 3.8) is 0 Å². The van der Waals surface area contributed by atoms with E-state index < -0.39 is 5.91 Å². The van der Waals surface area contributed by atoms with Crippen LogP contribution in [0.25, 0.3) is 11.0 Å². The maximum Gasteiger partial charge on any atom is 0.251 e. The Morgan fingerprint density at radius 2 is 1.83 bits per heavy atom. The second-order valence-electron chi connectivity index (χ2n) is 9.59. The average molecular weight is 553 g/mol. The van der Waals surface area contributed by atoms with Crippen LogP contribution in [0.4, 0.5) is 15.9 Å². The first-order chi connectivity index (χ1) is 19.9. The molecule has 10 heteroatoms. The lowest BCUT2D eigenvalue weighted by Crippen LogP contribution is -2.27. The van der Waals surface area contributed by atoms with Crippen LogP contribution in [0.5, 0.6) is 5.75 Å². The molecule has 2 amide bonds. The molecule has 5 aromatic rings. The van der Waals surface area contributed by atoms with Gasteiger partial charge in [-0.15, -0.1) is 0 Å². The largest absolute Gasteiger partial charge is 0.489 e. The number of nitrogens with two attached hydrogens (primary N) is 1. The third-order valence-electron chi connectivity index (χ3n) is 6.50. The summed E-state index contributed by atoms with van der Waals surface area (Å²) in [6.45, 7) is 2.96. The second kappa shape index (κ2) is 12.3. The summed E-state index contributed by atoms with van der Waals surface area (Å²) in [7, 11) is 0. The number of hydrogen-bond donors (Lipinski definition) is 3. The van der Waals surface area contributed by atoms with Gasteiger partial charge in [0.05, 0.1) is 5.52 Å². The van der Waals surface area contributed by atoms with Crippen LogP contribution in [-0.2, 0) is 17.9 Å². The fourth-order valence-corrected chi connectivity index (χ4v) is 4.43. The molecule has 2 aromatic heterocycles. The summed E-state index contributed by atoms with van der Waals surface area (Å²) < 4.78 is 21.4. The van der Waals surface area contributed by atoms with Crippen LogP contribution in [0.15, 0.2) is 85.3 Å². The highest BCUT2D eigenvalue weighted by atomic mass is 19.1. The Labute approximate surface area is 236 Å². The van der Waals surface area contributed by atoms with E-state index in [9.17, 15) is 14.0 Å². The second-order valence-corrected chi connectivity index (χ2v) is 9.59. The number of hydrogen-bond acceptors (Lipinski definition) is 6. The number of carbonyl (C=O) groups is 2. The number of halogens is 1. The van der Waals surface area contributed by atoms with Gasteiger partial charge in [-0.2, -0.15) is 0 Å². The zero-order valence-electron chi connectivity index (χ0n) is 22.4. The molecule has 3 aromatic carbocycles. The van der Waals surface area contributed by atoms with Crippen molar-refractivity contribution < 1.29 is 18.7 Å². The summed E-state index contributed by atoms with van der Waals surface area (Å²) in [5.41, 5.74) is 10.8. The standard InChI is InChI=1S/C31H29FN6O3/c1-20-15-25(9-10-27(20)41-18-22-3-2-4-24(32)16-22)37-30-29-26(35-19-36-30)12-14-38(29)17-21-5-7-23(8-6-21)31(40)34-13-11-28(33)39/h2-10,12,14-16,19H,11,13,17-18H2,1H3,(H2,33,39)(H,34,40)(H,35,36,37). The van der Waals surface area contributed by atoms with E-state index in [1.807, 2.05) is 60.2 Å². The molecule has 0 atom stereocenters. The molecule has 0 bridgehead atoms. The number of nitrogens with one attached hydrogen (secondary N) is 2. The highest BCUT2D eigenvalue weighted by molar-refractivity contribution is 5.94. The Bertz CT molecular complexity index is 1700. The third-order valence-corrected chi connectivity index (χ3v) is 6.50. The first-order valence-electron chi connectivity index (χ1n) is 13.1. The molecular weight excluding hydrogens is 523 g/mol. The molecule has 0 aliphatic rings. The zero-order chi connectivity index (χ0) is 28.8. The smallest absolute Gasteiger partial charge is 0.251 e. The quantitative estimate of drug-likeness (QED) is 0.215. The predicted molar refractivity (Wildman–Crippen MR) is 154 cm³/mol. The van der Waals surface area contributed by atoms with Crippen LogP contribution in [0, 0.1) is 12.7 Å². The molecule has 0 unspecified atom stereocenters. The van der Waals surface area contributed by atoms with Gasteiger partial charge in [-0.05, 0) is 72.1 Å². The fraction of sp³-hybridized carbons (Fsp3) is 0.161. The number of aromatic nitrogens is 3. The molecule has 208 valence electrons. The molecule has 0 fully saturated rings. The summed E-state index contributed by atoms with van der Waals surface area (Å²) in [4.78, 5) is 32.1. The van der Waals surface area contributed by atoms with Gasteiger partial charge in [0.15, 0.2) is 5.82 Å². The van der Waals surface area contributed by atoms with Crippen LogP contribution in [-0.4, -0.2) is 32.9 Å². The van der Waals surface area contributed by atoms with Gasteiger partial charge in [0.25, 0.3) is 5.91 Å². The maximum absolute atomic E-state index is 13.5. The number of primary amides is 1. The molecule has 0 spiro atoms. The van der Waals surface area contributed by atoms with Crippen molar-refractivity contribution >= 4 is 34.4 Å². The molecule has 0 aliphatic heterocycles. The molecule has 9 nitrogen and oxygen atoms in total. The average Bonchev–Trinajstić information content (AvgIpc) is 3.36. The Balaban J connectivity index is 1.28. The number of fused-ring (bicyclic) bond motifs is 1. The van der Waals surface area contributed by atoms with E-state index >= 15 is 0 Å². The zero-order valence-corrected chi connectivity index (χ0v) is 22.4. The topological polar surface area (TPSA) is 124 Å². The Morgan fingerprint density at radius 1 is 1.00 bits per heavy atom. The highest BCUT2D eigenvalue weighted by Crippen LogP contribution is 2.28. The van der Waals surface area contributed by atoms with Gasteiger partial charge in [0.2, 0.25) is 5.91 Å². The lowest BCUT2D eigenvalue weighted by atomic mass is 10.1. The van der Waals surface area contributed by atoms with Gasteiger partial charge in [-0.25, -0.2) is 14.4 Å². The summed E-state index contributed by atoms with van der Waals surface area (Å²) >= 11 is 0. The van der Waals surface area contributed by atoms with Crippen molar-refractivity contribution in [3.8, 4) is 5.75 Å². The first kappa shape index (κ1) is 27.3. The highest BCUT2D eigenvalue weighted by Gasteiger charge is 2.12. The summed E-state index contributed by atoms with van der Waals surface area (Å²) in [6.07, 6.45) is 3.56. The van der Waals surface area contributed by atoms with Gasteiger partial charge < -0.3 is 25.7 Å². The van der Waals surface area contributed by atoms with Gasteiger partial charge in [0, 0.05) is 37.0 Å². The summed E-state index contributed by atoms with van der Waals surface area (Å²) in [5, 5.41) is 6.08. The van der Waals surface area contributed by atoms with E-state index in [-0.39, 0.29) is 31.3 Å². The van der Waals surface area contributed by atoms with Crippen LogP contribution in [0.2, 0.25) is 0 Å². The Kier molecular flexibility index (Phi) is 8.19. The van der Waals surface area contributed by atoms with Crippen LogP contribution >= 0.6 is 0 Å². The van der Waals surface area contributed by atoms with Gasteiger partial charge >= 0.3 is 0 Å². The minimum atomic E-state index is -0.462. The fourth-order valence-electron chi connectivity index (χ4n) is 4.43. The van der Waals surface area contributed by atoms with Crippen molar-refractivity contribution in [2.24, 2.45) is 5.73 Å². The number of ether oxygens (including phenoxy) is 1. The number of nitrogens with zero attached hydrogens (tertiary/aromatic N) is 3. The lowest BCUT2D eigenvalue weighted by molar-refractivity contribution is -0.117. The van der Waals surface area contributed by atoms with E-state index in [4.69, 9.17) is 10.5 Å². The van der Waals surface area contributed by atoms with E-state index in [1.165, 1.54) is 18.5 Å². The molecule has 5 rings (SSSR count). The predicted octanol–water partition coefficient (Wildman–Crippen LogP) is 4.85. The Morgan fingerprint density at radius 3 is 2.59 bits per heavy atom. The van der Waals surface area contributed by atoms with E-state index in [2.05, 4.69) is 20.6 Å². The van der Waals surface area contributed by atoms with Crippen LogP contribution in [0.3, 0.4) is 0 Å². The summed E-state index contributed by atoms with van der Waals surface area (Å²) in [6, 6.07) is 21.3. The van der Waals surface area contributed by atoms with Gasteiger partial charge in [0.1, 0.15) is 30.0 Å². The molecular formula is C31H29FN6O3. The van der Waals surface area contributed by atoms with E-state index in [0.29, 0.717) is 23.7 Å². The van der Waals surface area contributed by atoms with Gasteiger partial charge in [-0.1, -0.05) is 24.3 Å². The molecule has 0 aliphatic carbocycles. The van der Waals surface area contributed by atoms with Crippen molar-refractivity contribution in [3.05, 3.63) is 113 Å². The van der Waals surface area contributed by atoms with Crippen molar-refractivity contribution in [1.29, 1.82) is 0 Å². The number of rotatable bonds is 11. The number of aryl methyl sites for hydroxylation is 1. The van der Waals surface area contributed by atoms with Crippen molar-refractivity contribution in [1.82, 2.24) is 19.9 Å². The number of benzene rings is 3. The first-order valence-corrected chi connectivity index (χ1v) is 13.1. The Hall–Kier alpha value is -5.25.